The molecule has 0 bridgehead atoms. The Bertz CT molecular complexity index is 1070. The van der Waals surface area contributed by atoms with Gasteiger partial charge in [0.05, 0.1) is 24.8 Å². The monoisotopic (exact) mass is 397 g/mol. The van der Waals surface area contributed by atoms with Crippen molar-refractivity contribution in [2.75, 3.05) is 7.11 Å². The van der Waals surface area contributed by atoms with E-state index in [0.717, 1.165) is 11.1 Å². The summed E-state index contributed by atoms with van der Waals surface area (Å²) < 4.78 is 21.3. The van der Waals surface area contributed by atoms with Crippen molar-refractivity contribution >= 4 is 10.9 Å². The van der Waals surface area contributed by atoms with Gasteiger partial charge in [0, 0.05) is 23.2 Å². The number of para-hydroxylation sites is 1. The number of nitrogens with zero attached hydrogens (tertiary/aromatic N) is 1. The maximum absolute atomic E-state index is 13.9. The van der Waals surface area contributed by atoms with Crippen molar-refractivity contribution in [3.63, 3.8) is 0 Å². The molecule has 0 amide bonds. The fourth-order valence-electron chi connectivity index (χ4n) is 4.13. The molecule has 0 saturated carbocycles. The molecule has 29 heavy (non-hydrogen) atoms. The molecule has 0 spiro atoms. The van der Waals surface area contributed by atoms with E-state index in [1.54, 1.807) is 25.4 Å². The number of hydrogen-bond donors (Lipinski definition) is 1. The number of halogens is 1. The Balaban J connectivity index is 1.98. The van der Waals surface area contributed by atoms with Gasteiger partial charge < -0.3 is 14.4 Å². The second-order valence-corrected chi connectivity index (χ2v) is 8.31. The fourth-order valence-corrected chi connectivity index (χ4v) is 4.13. The van der Waals surface area contributed by atoms with Gasteiger partial charge in [0.15, 0.2) is 5.43 Å². The molecule has 1 N–H and O–H groups in total. The Labute approximate surface area is 170 Å². The fraction of sp³-hybridized carbons (Fsp3) is 0.375. The van der Waals surface area contributed by atoms with Crippen molar-refractivity contribution < 1.29 is 14.2 Å². The summed E-state index contributed by atoms with van der Waals surface area (Å²) in [6.45, 7) is 6.22. The van der Waals surface area contributed by atoms with Crippen LogP contribution in [0.5, 0.6) is 5.75 Å². The van der Waals surface area contributed by atoms with Crippen LogP contribution >= 0.6 is 0 Å². The van der Waals surface area contributed by atoms with E-state index in [0.29, 0.717) is 30.5 Å². The van der Waals surface area contributed by atoms with Gasteiger partial charge in [-0.05, 0) is 48.6 Å². The minimum Gasteiger partial charge on any atom is -0.496 e. The highest BCUT2D eigenvalue weighted by atomic mass is 19.1. The van der Waals surface area contributed by atoms with Gasteiger partial charge in [-0.3, -0.25) is 4.79 Å². The third-order valence-corrected chi connectivity index (χ3v) is 5.67. The molecule has 4 nitrogen and oxygen atoms in total. The number of ether oxygens (including phenoxy) is 1. The molecule has 5 heteroatoms. The first-order valence-corrected chi connectivity index (χ1v) is 9.84. The quantitative estimate of drug-likeness (QED) is 0.631. The Morgan fingerprint density at radius 1 is 1.14 bits per heavy atom. The van der Waals surface area contributed by atoms with Gasteiger partial charge in [0.1, 0.15) is 11.6 Å². The molecule has 0 aliphatic carbocycles. The number of aromatic nitrogens is 1. The van der Waals surface area contributed by atoms with Crippen molar-refractivity contribution in [3.05, 3.63) is 76.3 Å². The van der Waals surface area contributed by atoms with Gasteiger partial charge in [-0.25, -0.2) is 4.39 Å². The SMILES string of the molecule is CCC(O)(Cn1ccc(=O)c2ccccc21)CC(C)(C)c1cc(F)ccc1OC. The van der Waals surface area contributed by atoms with E-state index in [9.17, 15) is 14.3 Å². The first-order chi connectivity index (χ1) is 13.7. The Morgan fingerprint density at radius 2 is 1.86 bits per heavy atom. The zero-order valence-corrected chi connectivity index (χ0v) is 17.4. The lowest BCUT2D eigenvalue weighted by Gasteiger charge is -2.37. The van der Waals surface area contributed by atoms with Gasteiger partial charge in [-0.15, -0.1) is 0 Å². The molecule has 1 unspecified atom stereocenters. The van der Waals surface area contributed by atoms with Gasteiger partial charge in [0.25, 0.3) is 0 Å². The zero-order chi connectivity index (χ0) is 21.2. The van der Waals surface area contributed by atoms with Crippen molar-refractivity contribution in [1.82, 2.24) is 4.57 Å². The van der Waals surface area contributed by atoms with Crippen LogP contribution in [0.1, 0.15) is 39.2 Å². The lowest BCUT2D eigenvalue weighted by Crippen LogP contribution is -2.40. The topological polar surface area (TPSA) is 51.5 Å². The molecule has 1 atom stereocenters. The van der Waals surface area contributed by atoms with Gasteiger partial charge >= 0.3 is 0 Å². The predicted molar refractivity (Wildman–Crippen MR) is 114 cm³/mol. The number of aliphatic hydroxyl groups is 1. The first-order valence-electron chi connectivity index (χ1n) is 9.84. The molecule has 3 aromatic rings. The summed E-state index contributed by atoms with van der Waals surface area (Å²) in [6, 6.07) is 13.4. The summed E-state index contributed by atoms with van der Waals surface area (Å²) in [5.74, 6) is 0.268. The van der Waals surface area contributed by atoms with Crippen LogP contribution in [0.15, 0.2) is 59.5 Å². The van der Waals surface area contributed by atoms with E-state index in [1.807, 2.05) is 43.5 Å². The number of fused-ring (bicyclic) bond motifs is 1. The Morgan fingerprint density at radius 3 is 2.55 bits per heavy atom. The van der Waals surface area contributed by atoms with E-state index in [-0.39, 0.29) is 11.2 Å². The van der Waals surface area contributed by atoms with E-state index < -0.39 is 11.0 Å². The van der Waals surface area contributed by atoms with Crippen molar-refractivity contribution in [3.8, 4) is 5.75 Å². The molecule has 0 aliphatic rings. The number of pyridine rings is 1. The maximum atomic E-state index is 13.9. The molecule has 2 aromatic carbocycles. The molecule has 154 valence electrons. The van der Waals surface area contributed by atoms with Crippen molar-refractivity contribution in [2.24, 2.45) is 0 Å². The highest BCUT2D eigenvalue weighted by Crippen LogP contribution is 2.39. The Kier molecular flexibility index (Phi) is 5.80. The summed E-state index contributed by atoms with van der Waals surface area (Å²) in [6.07, 6.45) is 2.63. The maximum Gasteiger partial charge on any atom is 0.189 e. The van der Waals surface area contributed by atoms with E-state index >= 15 is 0 Å². The van der Waals surface area contributed by atoms with Crippen LogP contribution in [0.25, 0.3) is 10.9 Å². The average Bonchev–Trinajstić information content (AvgIpc) is 2.70. The molecule has 0 fully saturated rings. The third-order valence-electron chi connectivity index (χ3n) is 5.67. The highest BCUT2D eigenvalue weighted by molar-refractivity contribution is 5.78. The molecule has 1 aromatic heterocycles. The number of hydrogen-bond acceptors (Lipinski definition) is 3. The van der Waals surface area contributed by atoms with Crippen molar-refractivity contribution in [1.29, 1.82) is 0 Å². The zero-order valence-electron chi connectivity index (χ0n) is 17.4. The Hall–Kier alpha value is -2.66. The van der Waals surface area contributed by atoms with Crippen LogP contribution in [0.2, 0.25) is 0 Å². The van der Waals surface area contributed by atoms with E-state index in [2.05, 4.69) is 0 Å². The minimum atomic E-state index is -1.06. The van der Waals surface area contributed by atoms with Gasteiger partial charge in [-0.2, -0.15) is 0 Å². The molecule has 3 rings (SSSR count). The van der Waals surface area contributed by atoms with Crippen LogP contribution in [-0.2, 0) is 12.0 Å². The van der Waals surface area contributed by atoms with Crippen LogP contribution < -0.4 is 10.2 Å². The third kappa shape index (κ3) is 4.35. The van der Waals surface area contributed by atoms with Crippen LogP contribution in [-0.4, -0.2) is 22.4 Å². The summed E-state index contributed by atoms with van der Waals surface area (Å²) in [5, 5.41) is 12.1. The molecule has 0 aliphatic heterocycles. The van der Waals surface area contributed by atoms with Crippen LogP contribution in [0.3, 0.4) is 0 Å². The normalized spacial score (nSPS) is 14.0. The summed E-state index contributed by atoms with van der Waals surface area (Å²) in [7, 11) is 1.56. The average molecular weight is 397 g/mol. The molecular formula is C24H28FNO3. The lowest BCUT2D eigenvalue weighted by molar-refractivity contribution is -0.00592. The standard InChI is InChI=1S/C24H28FNO3/c1-5-24(28,15-23(2,3)19-14-17(25)10-11-22(19)29-4)16-26-13-12-21(27)18-8-6-7-9-20(18)26/h6-14,28H,5,15-16H2,1-4H3. The summed E-state index contributed by atoms with van der Waals surface area (Å²) >= 11 is 0. The summed E-state index contributed by atoms with van der Waals surface area (Å²) in [4.78, 5) is 12.2. The number of rotatable bonds is 7. The van der Waals surface area contributed by atoms with Crippen molar-refractivity contribution in [2.45, 2.75) is 51.2 Å². The second-order valence-electron chi connectivity index (χ2n) is 8.31. The minimum absolute atomic E-state index is 0.0401. The van der Waals surface area contributed by atoms with E-state index in [4.69, 9.17) is 4.74 Å². The lowest BCUT2D eigenvalue weighted by atomic mass is 9.74. The summed E-state index contributed by atoms with van der Waals surface area (Å²) in [5.41, 5.74) is -0.127. The van der Waals surface area contributed by atoms with Gasteiger partial charge in [0.2, 0.25) is 0 Å². The predicted octanol–water partition coefficient (Wildman–Crippen LogP) is 4.66. The largest absolute Gasteiger partial charge is 0.496 e. The molecule has 0 saturated heterocycles. The second kappa shape index (κ2) is 7.99. The van der Waals surface area contributed by atoms with Crippen LogP contribution in [0.4, 0.5) is 4.39 Å². The molecular weight excluding hydrogens is 369 g/mol. The highest BCUT2D eigenvalue weighted by Gasteiger charge is 2.36. The molecule has 1 heterocycles. The molecule has 0 radical (unpaired) electrons. The first kappa shape index (κ1) is 21.1. The number of benzene rings is 2. The van der Waals surface area contributed by atoms with Gasteiger partial charge in [-0.1, -0.05) is 32.9 Å². The smallest absolute Gasteiger partial charge is 0.189 e. The number of methoxy groups -OCH3 is 1. The van der Waals surface area contributed by atoms with Crippen LogP contribution in [0, 0.1) is 5.82 Å². The van der Waals surface area contributed by atoms with E-state index in [1.165, 1.54) is 18.2 Å².